The van der Waals surface area contributed by atoms with Gasteiger partial charge in [-0.1, -0.05) is 79.5 Å². The van der Waals surface area contributed by atoms with Crippen LogP contribution in [0.5, 0.6) is 5.75 Å². The first-order chi connectivity index (χ1) is 15.8. The van der Waals surface area contributed by atoms with Gasteiger partial charge in [0.05, 0.1) is 0 Å². The first kappa shape index (κ1) is 24.9. The summed E-state index contributed by atoms with van der Waals surface area (Å²) < 4.78 is 5.90. The zero-order valence-corrected chi connectivity index (χ0v) is 20.5. The van der Waals surface area contributed by atoms with Gasteiger partial charge in [-0.3, -0.25) is 9.59 Å². The minimum atomic E-state index is -0.736. The van der Waals surface area contributed by atoms with E-state index in [0.717, 1.165) is 10.8 Å². The molecule has 0 saturated heterocycles. The maximum absolute atomic E-state index is 13.3. The van der Waals surface area contributed by atoms with Crippen molar-refractivity contribution >= 4 is 45.8 Å². The number of carbonyl (C=O) groups is 2. The quantitative estimate of drug-likeness (QED) is 0.420. The predicted molar refractivity (Wildman–Crippen MR) is 134 cm³/mol. The fraction of sp³-hybridized carbons (Fsp3) is 0.308. The molecule has 0 aliphatic heterocycles. The van der Waals surface area contributed by atoms with Crippen molar-refractivity contribution < 1.29 is 14.3 Å². The molecule has 0 heterocycles. The summed E-state index contributed by atoms with van der Waals surface area (Å²) in [7, 11) is 0. The average molecular weight is 487 g/mol. The van der Waals surface area contributed by atoms with Crippen molar-refractivity contribution in [1.29, 1.82) is 0 Å². The molecule has 1 unspecified atom stereocenters. The SMILES string of the molecule is CC(C)CNC(=O)C(C)N(Cc1c(Cl)cccc1Cl)C(=O)COc1cccc2ccccc12. The fourth-order valence-corrected chi connectivity index (χ4v) is 3.95. The smallest absolute Gasteiger partial charge is 0.261 e. The molecule has 5 nitrogen and oxygen atoms in total. The van der Waals surface area contributed by atoms with Gasteiger partial charge in [-0.2, -0.15) is 0 Å². The second-order valence-electron chi connectivity index (χ2n) is 8.30. The summed E-state index contributed by atoms with van der Waals surface area (Å²) in [6.45, 7) is 6.09. The van der Waals surface area contributed by atoms with Gasteiger partial charge in [0.15, 0.2) is 6.61 Å². The lowest BCUT2D eigenvalue weighted by Gasteiger charge is -2.29. The molecule has 0 radical (unpaired) electrons. The molecule has 0 fully saturated rings. The van der Waals surface area contributed by atoms with E-state index in [9.17, 15) is 9.59 Å². The lowest BCUT2D eigenvalue weighted by Crippen LogP contribution is -2.49. The highest BCUT2D eigenvalue weighted by atomic mass is 35.5. The molecule has 1 atom stereocenters. The van der Waals surface area contributed by atoms with Crippen molar-refractivity contribution in [3.8, 4) is 5.75 Å². The Bertz CT molecular complexity index is 1110. The van der Waals surface area contributed by atoms with Crippen LogP contribution in [-0.2, 0) is 16.1 Å². The lowest BCUT2D eigenvalue weighted by molar-refractivity contribution is -0.142. The normalized spacial score (nSPS) is 11.9. The van der Waals surface area contributed by atoms with Gasteiger partial charge in [0.25, 0.3) is 5.91 Å². The summed E-state index contributed by atoms with van der Waals surface area (Å²) in [5.41, 5.74) is 0.586. The summed E-state index contributed by atoms with van der Waals surface area (Å²) in [5, 5.41) is 5.69. The molecular weight excluding hydrogens is 459 g/mol. The molecule has 0 saturated carbocycles. The number of carbonyl (C=O) groups excluding carboxylic acids is 2. The van der Waals surface area contributed by atoms with Crippen LogP contribution in [-0.4, -0.2) is 35.9 Å². The van der Waals surface area contributed by atoms with Crippen molar-refractivity contribution in [3.63, 3.8) is 0 Å². The minimum Gasteiger partial charge on any atom is -0.483 e. The van der Waals surface area contributed by atoms with Crippen LogP contribution in [0.15, 0.2) is 60.7 Å². The summed E-state index contributed by atoms with van der Waals surface area (Å²) in [4.78, 5) is 27.5. The Balaban J connectivity index is 1.82. The summed E-state index contributed by atoms with van der Waals surface area (Å²) in [5.74, 6) is 0.309. The van der Waals surface area contributed by atoms with E-state index in [4.69, 9.17) is 27.9 Å². The van der Waals surface area contributed by atoms with E-state index in [1.54, 1.807) is 25.1 Å². The Morgan fingerprint density at radius 1 is 0.939 bits per heavy atom. The Morgan fingerprint density at radius 3 is 2.27 bits per heavy atom. The summed E-state index contributed by atoms with van der Waals surface area (Å²) in [6, 6.07) is 17.9. The van der Waals surface area contributed by atoms with Crippen LogP contribution in [0, 0.1) is 5.92 Å². The van der Waals surface area contributed by atoms with Gasteiger partial charge in [0.2, 0.25) is 5.91 Å². The number of hydrogen-bond donors (Lipinski definition) is 1. The zero-order valence-electron chi connectivity index (χ0n) is 19.0. The van der Waals surface area contributed by atoms with Crippen molar-refractivity contribution in [1.82, 2.24) is 10.2 Å². The Hall–Kier alpha value is -2.76. The van der Waals surface area contributed by atoms with E-state index in [1.807, 2.05) is 56.3 Å². The maximum atomic E-state index is 13.3. The molecule has 33 heavy (non-hydrogen) atoms. The van der Waals surface area contributed by atoms with Crippen molar-refractivity contribution in [3.05, 3.63) is 76.3 Å². The van der Waals surface area contributed by atoms with Gasteiger partial charge in [0.1, 0.15) is 11.8 Å². The number of amides is 2. The van der Waals surface area contributed by atoms with E-state index in [-0.39, 0.29) is 30.9 Å². The van der Waals surface area contributed by atoms with Crippen molar-refractivity contribution in [2.75, 3.05) is 13.2 Å². The monoisotopic (exact) mass is 486 g/mol. The van der Waals surface area contributed by atoms with Crippen LogP contribution in [0.4, 0.5) is 0 Å². The van der Waals surface area contributed by atoms with Gasteiger partial charge in [-0.15, -0.1) is 0 Å². The van der Waals surface area contributed by atoms with Gasteiger partial charge in [-0.05, 0) is 36.4 Å². The summed E-state index contributed by atoms with van der Waals surface area (Å²) in [6.07, 6.45) is 0. The van der Waals surface area contributed by atoms with Crippen molar-refractivity contribution in [2.45, 2.75) is 33.4 Å². The number of halogens is 2. The highest BCUT2D eigenvalue weighted by molar-refractivity contribution is 6.36. The molecule has 0 aliphatic carbocycles. The molecule has 0 bridgehead atoms. The number of nitrogens with one attached hydrogen (secondary N) is 1. The Kier molecular flexibility index (Phi) is 8.59. The first-order valence-electron chi connectivity index (χ1n) is 10.9. The molecule has 3 aromatic carbocycles. The van der Waals surface area contributed by atoms with Gasteiger partial charge in [0, 0.05) is 34.1 Å². The van der Waals surface area contributed by atoms with E-state index < -0.39 is 6.04 Å². The van der Waals surface area contributed by atoms with Gasteiger partial charge >= 0.3 is 0 Å². The average Bonchev–Trinajstić information content (AvgIpc) is 2.80. The molecule has 0 aromatic heterocycles. The minimum absolute atomic E-state index is 0.0898. The van der Waals surface area contributed by atoms with Crippen LogP contribution in [0.3, 0.4) is 0 Å². The second-order valence-corrected chi connectivity index (χ2v) is 9.12. The number of benzene rings is 3. The zero-order chi connectivity index (χ0) is 24.0. The fourth-order valence-electron chi connectivity index (χ4n) is 3.43. The molecule has 3 rings (SSSR count). The molecular formula is C26H28Cl2N2O3. The number of hydrogen-bond acceptors (Lipinski definition) is 3. The van der Waals surface area contributed by atoms with Crippen LogP contribution in [0.1, 0.15) is 26.3 Å². The Morgan fingerprint density at radius 2 is 1.58 bits per heavy atom. The topological polar surface area (TPSA) is 58.6 Å². The molecule has 0 spiro atoms. The summed E-state index contributed by atoms with van der Waals surface area (Å²) >= 11 is 12.7. The van der Waals surface area contributed by atoms with Crippen LogP contribution < -0.4 is 10.1 Å². The Labute approximate surface area is 204 Å². The highest BCUT2D eigenvalue weighted by Crippen LogP contribution is 2.28. The van der Waals surface area contributed by atoms with Gasteiger partial charge < -0.3 is 15.0 Å². The molecule has 174 valence electrons. The van der Waals surface area contributed by atoms with E-state index >= 15 is 0 Å². The number of rotatable bonds is 9. The van der Waals surface area contributed by atoms with E-state index in [1.165, 1.54) is 4.90 Å². The highest BCUT2D eigenvalue weighted by Gasteiger charge is 2.28. The third-order valence-electron chi connectivity index (χ3n) is 5.34. The number of nitrogens with zero attached hydrogens (tertiary/aromatic N) is 1. The van der Waals surface area contributed by atoms with Crippen LogP contribution >= 0.6 is 23.2 Å². The van der Waals surface area contributed by atoms with Crippen LogP contribution in [0.25, 0.3) is 10.8 Å². The number of fused-ring (bicyclic) bond motifs is 1. The predicted octanol–water partition coefficient (Wildman–Crippen LogP) is 5.71. The van der Waals surface area contributed by atoms with E-state index in [0.29, 0.717) is 27.9 Å². The lowest BCUT2D eigenvalue weighted by atomic mass is 10.1. The molecule has 2 amide bonds. The third kappa shape index (κ3) is 6.40. The number of ether oxygens (including phenoxy) is 1. The molecule has 3 aromatic rings. The van der Waals surface area contributed by atoms with Crippen LogP contribution in [0.2, 0.25) is 10.0 Å². The van der Waals surface area contributed by atoms with Crippen molar-refractivity contribution in [2.24, 2.45) is 5.92 Å². The van der Waals surface area contributed by atoms with E-state index in [2.05, 4.69) is 5.32 Å². The standard InChI is InChI=1S/C26H28Cl2N2O3/c1-17(2)14-29-26(32)18(3)30(15-21-22(27)11-7-12-23(21)28)25(31)16-33-24-13-6-9-19-8-4-5-10-20(19)24/h4-13,17-18H,14-16H2,1-3H3,(H,29,32). The maximum Gasteiger partial charge on any atom is 0.261 e. The molecule has 7 heteroatoms. The second kappa shape index (κ2) is 11.4. The third-order valence-corrected chi connectivity index (χ3v) is 6.05. The largest absolute Gasteiger partial charge is 0.483 e. The molecule has 1 N–H and O–H groups in total. The van der Waals surface area contributed by atoms with Gasteiger partial charge in [-0.25, -0.2) is 0 Å². The molecule has 0 aliphatic rings. The first-order valence-corrected chi connectivity index (χ1v) is 11.6.